The van der Waals surface area contributed by atoms with Gasteiger partial charge in [-0.3, -0.25) is 0 Å². The summed E-state index contributed by atoms with van der Waals surface area (Å²) in [5.74, 6) is 0.663. The summed E-state index contributed by atoms with van der Waals surface area (Å²) >= 11 is 0. The highest BCUT2D eigenvalue weighted by Gasteiger charge is 2.37. The van der Waals surface area contributed by atoms with E-state index in [0.29, 0.717) is 5.95 Å². The molecule has 0 aromatic carbocycles. The van der Waals surface area contributed by atoms with Crippen molar-refractivity contribution in [1.82, 2.24) is 14.6 Å². The first kappa shape index (κ1) is 10.5. The van der Waals surface area contributed by atoms with Crippen LogP contribution < -0.4 is 5.32 Å². The molecule has 0 radical (unpaired) electrons. The fraction of sp³-hybridized carbons (Fsp3) is 0.500. The molecule has 2 unspecified atom stereocenters. The third-order valence-corrected chi connectivity index (χ3v) is 3.53. The van der Waals surface area contributed by atoms with Gasteiger partial charge >= 0.3 is 0 Å². The van der Waals surface area contributed by atoms with Crippen molar-refractivity contribution in [2.45, 2.75) is 31.9 Å². The zero-order valence-electron chi connectivity index (χ0n) is 10.1. The molecule has 3 heterocycles. The Balaban J connectivity index is 1.89. The summed E-state index contributed by atoms with van der Waals surface area (Å²) in [4.78, 5) is 4.44. The van der Waals surface area contributed by atoms with Gasteiger partial charge < -0.3 is 10.1 Å². The molecule has 0 aliphatic carbocycles. The van der Waals surface area contributed by atoms with Gasteiger partial charge in [-0.1, -0.05) is 6.07 Å². The number of hydrogen-bond donors (Lipinski definition) is 1. The van der Waals surface area contributed by atoms with Crippen molar-refractivity contribution in [3.63, 3.8) is 0 Å². The van der Waals surface area contributed by atoms with E-state index in [0.717, 1.165) is 18.7 Å². The molecule has 1 aliphatic rings. The molecule has 0 saturated carbocycles. The third kappa shape index (κ3) is 1.76. The third-order valence-electron chi connectivity index (χ3n) is 3.53. The van der Waals surface area contributed by atoms with E-state index in [2.05, 4.69) is 29.2 Å². The molecule has 0 spiro atoms. The Labute approximate surface area is 99.8 Å². The van der Waals surface area contributed by atoms with Gasteiger partial charge in [0.05, 0.1) is 11.6 Å². The van der Waals surface area contributed by atoms with Crippen molar-refractivity contribution < 1.29 is 4.74 Å². The maximum atomic E-state index is 5.59. The molecule has 5 heteroatoms. The monoisotopic (exact) mass is 232 g/mol. The van der Waals surface area contributed by atoms with Crippen LogP contribution in [0.5, 0.6) is 0 Å². The van der Waals surface area contributed by atoms with Gasteiger partial charge in [0.1, 0.15) is 0 Å². The van der Waals surface area contributed by atoms with E-state index in [9.17, 15) is 0 Å². The Morgan fingerprint density at radius 2 is 2.41 bits per heavy atom. The van der Waals surface area contributed by atoms with Crippen molar-refractivity contribution in [1.29, 1.82) is 0 Å². The van der Waals surface area contributed by atoms with Crippen LogP contribution in [0.2, 0.25) is 0 Å². The average molecular weight is 232 g/mol. The minimum Gasteiger partial charge on any atom is -0.376 e. The van der Waals surface area contributed by atoms with Gasteiger partial charge in [-0.25, -0.2) is 4.52 Å². The van der Waals surface area contributed by atoms with Crippen LogP contribution in [0, 0.1) is 0 Å². The van der Waals surface area contributed by atoms with Crippen LogP contribution in [0.3, 0.4) is 0 Å². The van der Waals surface area contributed by atoms with Crippen LogP contribution in [0.1, 0.15) is 20.3 Å². The summed E-state index contributed by atoms with van der Waals surface area (Å²) in [5, 5.41) is 7.78. The number of hydrogen-bond acceptors (Lipinski definition) is 4. The van der Waals surface area contributed by atoms with Crippen LogP contribution in [-0.2, 0) is 4.74 Å². The number of rotatable bonds is 2. The van der Waals surface area contributed by atoms with E-state index in [1.54, 1.807) is 4.52 Å². The van der Waals surface area contributed by atoms with Gasteiger partial charge in [0.2, 0.25) is 5.95 Å². The molecule has 2 aromatic rings. The largest absolute Gasteiger partial charge is 0.376 e. The number of anilines is 1. The van der Waals surface area contributed by atoms with Crippen molar-refractivity contribution in [2.75, 3.05) is 11.9 Å². The maximum absolute atomic E-state index is 5.59. The molecule has 5 nitrogen and oxygen atoms in total. The number of aromatic nitrogens is 3. The van der Waals surface area contributed by atoms with E-state index in [1.807, 2.05) is 24.4 Å². The Bertz CT molecular complexity index is 505. The number of fused-ring (bicyclic) bond motifs is 1. The van der Waals surface area contributed by atoms with Gasteiger partial charge in [-0.05, 0) is 32.4 Å². The summed E-state index contributed by atoms with van der Waals surface area (Å²) < 4.78 is 7.36. The van der Waals surface area contributed by atoms with Crippen LogP contribution in [0.4, 0.5) is 5.95 Å². The first-order valence-corrected chi connectivity index (χ1v) is 5.89. The fourth-order valence-electron chi connectivity index (χ4n) is 2.14. The van der Waals surface area contributed by atoms with E-state index in [4.69, 9.17) is 4.74 Å². The summed E-state index contributed by atoms with van der Waals surface area (Å²) in [7, 11) is 0. The lowest BCUT2D eigenvalue weighted by Crippen LogP contribution is -2.41. The Morgan fingerprint density at radius 3 is 3.12 bits per heavy atom. The van der Waals surface area contributed by atoms with Gasteiger partial charge in [-0.15, -0.1) is 5.10 Å². The normalized spacial score (nSPS) is 28.7. The second-order valence-electron chi connectivity index (χ2n) is 4.74. The van der Waals surface area contributed by atoms with Gasteiger partial charge in [0.25, 0.3) is 0 Å². The standard InChI is InChI=1S/C12H16N4O/c1-9-12(2,6-8-17-9)14-11-13-10-5-3-4-7-16(10)15-11/h3-5,7,9H,6,8H2,1-2H3,(H,14,15). The molecule has 1 saturated heterocycles. The fourth-order valence-corrected chi connectivity index (χ4v) is 2.14. The number of nitrogens with one attached hydrogen (secondary N) is 1. The van der Waals surface area contributed by atoms with Crippen LogP contribution in [-0.4, -0.2) is 32.8 Å². The number of pyridine rings is 1. The van der Waals surface area contributed by atoms with Crippen molar-refractivity contribution in [3.05, 3.63) is 24.4 Å². The zero-order chi connectivity index (χ0) is 11.9. The van der Waals surface area contributed by atoms with Crippen LogP contribution in [0.15, 0.2) is 24.4 Å². The highest BCUT2D eigenvalue weighted by molar-refractivity contribution is 5.44. The highest BCUT2D eigenvalue weighted by Crippen LogP contribution is 2.28. The molecule has 1 fully saturated rings. The minimum absolute atomic E-state index is 0.0784. The molecule has 0 amide bonds. The first-order chi connectivity index (χ1) is 8.17. The molecular weight excluding hydrogens is 216 g/mol. The quantitative estimate of drug-likeness (QED) is 0.856. The van der Waals surface area contributed by atoms with E-state index in [1.165, 1.54) is 0 Å². The molecule has 2 atom stereocenters. The lowest BCUT2D eigenvalue weighted by Gasteiger charge is -2.27. The lowest BCUT2D eigenvalue weighted by atomic mass is 9.95. The molecule has 1 N–H and O–H groups in total. The van der Waals surface area contributed by atoms with Gasteiger partial charge in [0.15, 0.2) is 5.65 Å². The number of nitrogens with zero attached hydrogens (tertiary/aromatic N) is 3. The van der Waals surface area contributed by atoms with E-state index >= 15 is 0 Å². The summed E-state index contributed by atoms with van der Waals surface area (Å²) in [6.07, 6.45) is 3.04. The molecule has 17 heavy (non-hydrogen) atoms. The Morgan fingerprint density at radius 1 is 1.53 bits per heavy atom. The molecule has 2 aromatic heterocycles. The summed E-state index contributed by atoms with van der Waals surface area (Å²) in [6.45, 7) is 5.02. The zero-order valence-corrected chi connectivity index (χ0v) is 10.1. The van der Waals surface area contributed by atoms with Crippen LogP contribution >= 0.6 is 0 Å². The van der Waals surface area contributed by atoms with Crippen molar-refractivity contribution >= 4 is 11.6 Å². The molecular formula is C12H16N4O. The molecule has 1 aliphatic heterocycles. The molecule has 0 bridgehead atoms. The second kappa shape index (κ2) is 3.70. The lowest BCUT2D eigenvalue weighted by molar-refractivity contribution is 0.105. The predicted molar refractivity (Wildman–Crippen MR) is 65.0 cm³/mol. The molecule has 90 valence electrons. The van der Waals surface area contributed by atoms with Crippen LogP contribution in [0.25, 0.3) is 5.65 Å². The highest BCUT2D eigenvalue weighted by atomic mass is 16.5. The Kier molecular flexibility index (Phi) is 2.29. The smallest absolute Gasteiger partial charge is 0.243 e. The van der Waals surface area contributed by atoms with E-state index in [-0.39, 0.29) is 11.6 Å². The SMILES string of the molecule is CC1OCCC1(C)Nc1nc2ccccn2n1. The van der Waals surface area contributed by atoms with Gasteiger partial charge in [-0.2, -0.15) is 4.98 Å². The van der Waals surface area contributed by atoms with Crippen molar-refractivity contribution in [3.8, 4) is 0 Å². The topological polar surface area (TPSA) is 51.5 Å². The average Bonchev–Trinajstić information content (AvgIpc) is 2.83. The van der Waals surface area contributed by atoms with Gasteiger partial charge in [0, 0.05) is 12.8 Å². The van der Waals surface area contributed by atoms with Crippen molar-refractivity contribution in [2.24, 2.45) is 0 Å². The maximum Gasteiger partial charge on any atom is 0.243 e. The summed E-state index contributed by atoms with van der Waals surface area (Å²) in [5.41, 5.74) is 0.774. The first-order valence-electron chi connectivity index (χ1n) is 5.89. The van der Waals surface area contributed by atoms with E-state index < -0.39 is 0 Å². The Hall–Kier alpha value is -1.62. The number of ether oxygens (including phenoxy) is 1. The second-order valence-corrected chi connectivity index (χ2v) is 4.74. The summed E-state index contributed by atoms with van der Waals surface area (Å²) in [6, 6.07) is 5.83. The minimum atomic E-state index is -0.0784. The molecule has 3 rings (SSSR count). The predicted octanol–water partition coefficient (Wildman–Crippen LogP) is 1.71.